The molecule has 0 radical (unpaired) electrons. The van der Waals surface area contributed by atoms with Gasteiger partial charge in [0.25, 0.3) is 5.91 Å². The van der Waals surface area contributed by atoms with Gasteiger partial charge in [0.15, 0.2) is 5.82 Å². The minimum absolute atomic E-state index is 0.277. The van der Waals surface area contributed by atoms with Gasteiger partial charge in [0, 0.05) is 19.4 Å². The van der Waals surface area contributed by atoms with Gasteiger partial charge in [-0.25, -0.2) is 9.07 Å². The van der Waals surface area contributed by atoms with Crippen LogP contribution in [0.2, 0.25) is 0 Å². The van der Waals surface area contributed by atoms with Crippen LogP contribution in [0.5, 0.6) is 0 Å². The van der Waals surface area contributed by atoms with Crippen LogP contribution in [0.4, 0.5) is 4.39 Å². The molecular weight excluding hydrogens is 271 g/mol. The van der Waals surface area contributed by atoms with Crippen molar-refractivity contribution >= 4 is 5.91 Å². The van der Waals surface area contributed by atoms with E-state index in [4.69, 9.17) is 0 Å². The molecule has 3 aromatic rings. The Labute approximate surface area is 120 Å². The van der Waals surface area contributed by atoms with Gasteiger partial charge in [-0.1, -0.05) is 12.1 Å². The van der Waals surface area contributed by atoms with Crippen LogP contribution in [0.25, 0.3) is 11.5 Å². The quantitative estimate of drug-likeness (QED) is 0.801. The zero-order chi connectivity index (χ0) is 14.8. The number of amides is 1. The molecule has 3 rings (SSSR count). The summed E-state index contributed by atoms with van der Waals surface area (Å²) in [7, 11) is 1.54. The van der Waals surface area contributed by atoms with Crippen molar-refractivity contribution in [2.75, 3.05) is 7.05 Å². The fraction of sp³-hybridized carbons (Fsp3) is 0.0667. The standard InChI is InChI=1S/C15H13FN4O/c1-17-14(21)11-10-18-20(13-7-3-2-6-12(13)16)15(11)19-8-4-5-9-19/h2-10H,1H3,(H,17,21). The molecule has 2 aromatic heterocycles. The van der Waals surface area contributed by atoms with Gasteiger partial charge in [-0.15, -0.1) is 0 Å². The third kappa shape index (κ3) is 2.20. The third-order valence-corrected chi connectivity index (χ3v) is 3.15. The molecule has 0 bridgehead atoms. The number of halogens is 1. The molecule has 0 aliphatic heterocycles. The first-order valence-corrected chi connectivity index (χ1v) is 6.40. The van der Waals surface area contributed by atoms with Crippen molar-refractivity contribution in [2.24, 2.45) is 0 Å². The molecule has 6 heteroatoms. The summed E-state index contributed by atoms with van der Waals surface area (Å²) in [6.45, 7) is 0. The molecular formula is C15H13FN4O. The van der Waals surface area contributed by atoms with Crippen LogP contribution in [0, 0.1) is 5.82 Å². The summed E-state index contributed by atoms with van der Waals surface area (Å²) in [5.74, 6) is -0.191. The number of nitrogens with one attached hydrogen (secondary N) is 1. The van der Waals surface area contributed by atoms with Crippen molar-refractivity contribution in [3.05, 3.63) is 66.4 Å². The minimum Gasteiger partial charge on any atom is -0.355 e. The van der Waals surface area contributed by atoms with Crippen LogP contribution < -0.4 is 5.32 Å². The number of carbonyl (C=O) groups excluding carboxylic acids is 1. The van der Waals surface area contributed by atoms with Crippen molar-refractivity contribution in [3.8, 4) is 11.5 Å². The summed E-state index contributed by atoms with van der Waals surface area (Å²) < 4.78 is 17.2. The fourth-order valence-electron chi connectivity index (χ4n) is 2.16. The van der Waals surface area contributed by atoms with Crippen LogP contribution in [-0.2, 0) is 0 Å². The minimum atomic E-state index is -0.405. The summed E-state index contributed by atoms with van der Waals surface area (Å²) in [5, 5.41) is 6.73. The molecule has 106 valence electrons. The predicted molar refractivity (Wildman–Crippen MR) is 76.2 cm³/mol. The first-order chi connectivity index (χ1) is 10.2. The fourth-order valence-corrected chi connectivity index (χ4v) is 2.16. The molecule has 1 aromatic carbocycles. The summed E-state index contributed by atoms with van der Waals surface area (Å²) in [6, 6.07) is 9.95. The molecule has 5 nitrogen and oxygen atoms in total. The maximum absolute atomic E-state index is 14.0. The highest BCUT2D eigenvalue weighted by atomic mass is 19.1. The Morgan fingerprint density at radius 2 is 1.90 bits per heavy atom. The zero-order valence-corrected chi connectivity index (χ0v) is 11.3. The predicted octanol–water partition coefficient (Wildman–Crippen LogP) is 2.16. The second-order valence-electron chi connectivity index (χ2n) is 4.41. The van der Waals surface area contributed by atoms with Crippen molar-refractivity contribution in [2.45, 2.75) is 0 Å². The maximum Gasteiger partial charge on any atom is 0.256 e. The summed E-state index contributed by atoms with van der Waals surface area (Å²) in [4.78, 5) is 12.0. The number of hydrogen-bond donors (Lipinski definition) is 1. The molecule has 0 fully saturated rings. The third-order valence-electron chi connectivity index (χ3n) is 3.15. The van der Waals surface area contributed by atoms with Gasteiger partial charge in [0.2, 0.25) is 0 Å². The van der Waals surface area contributed by atoms with E-state index in [1.54, 1.807) is 42.2 Å². The maximum atomic E-state index is 14.0. The first-order valence-electron chi connectivity index (χ1n) is 6.40. The molecule has 0 aliphatic carbocycles. The van der Waals surface area contributed by atoms with E-state index in [1.165, 1.54) is 16.9 Å². The lowest BCUT2D eigenvalue weighted by Gasteiger charge is -2.11. The van der Waals surface area contributed by atoms with E-state index in [-0.39, 0.29) is 11.6 Å². The molecule has 0 unspecified atom stereocenters. The first kappa shape index (κ1) is 13.1. The van der Waals surface area contributed by atoms with E-state index < -0.39 is 5.82 Å². The van der Waals surface area contributed by atoms with Crippen molar-refractivity contribution in [1.82, 2.24) is 19.7 Å². The number of hydrogen-bond acceptors (Lipinski definition) is 2. The van der Waals surface area contributed by atoms with Gasteiger partial charge >= 0.3 is 0 Å². The summed E-state index contributed by atoms with van der Waals surface area (Å²) in [5.41, 5.74) is 0.660. The van der Waals surface area contributed by atoms with E-state index in [0.717, 1.165) is 0 Å². The highest BCUT2D eigenvalue weighted by Crippen LogP contribution is 2.21. The smallest absolute Gasteiger partial charge is 0.256 e. The van der Waals surface area contributed by atoms with Crippen LogP contribution in [0.3, 0.4) is 0 Å². The van der Waals surface area contributed by atoms with Gasteiger partial charge in [-0.05, 0) is 24.3 Å². The van der Waals surface area contributed by atoms with Gasteiger partial charge < -0.3 is 9.88 Å². The lowest BCUT2D eigenvalue weighted by atomic mass is 10.2. The highest BCUT2D eigenvalue weighted by Gasteiger charge is 2.20. The highest BCUT2D eigenvalue weighted by molar-refractivity contribution is 5.97. The van der Waals surface area contributed by atoms with E-state index in [1.807, 2.05) is 12.1 Å². The number of carbonyl (C=O) groups is 1. The summed E-state index contributed by atoms with van der Waals surface area (Å²) in [6.07, 6.45) is 4.99. The number of para-hydroxylation sites is 1. The van der Waals surface area contributed by atoms with E-state index in [2.05, 4.69) is 10.4 Å². The number of rotatable bonds is 3. The molecule has 0 aliphatic rings. The molecule has 2 heterocycles. The zero-order valence-electron chi connectivity index (χ0n) is 11.3. The van der Waals surface area contributed by atoms with Crippen molar-refractivity contribution in [1.29, 1.82) is 0 Å². The van der Waals surface area contributed by atoms with E-state index in [9.17, 15) is 9.18 Å². The topological polar surface area (TPSA) is 51.9 Å². The second kappa shape index (κ2) is 5.24. The largest absolute Gasteiger partial charge is 0.355 e. The molecule has 0 spiro atoms. The van der Waals surface area contributed by atoms with Crippen molar-refractivity contribution < 1.29 is 9.18 Å². The lowest BCUT2D eigenvalue weighted by molar-refractivity contribution is 0.0963. The number of benzene rings is 1. The Bertz CT molecular complexity index is 777. The van der Waals surface area contributed by atoms with Gasteiger partial charge in [0.1, 0.15) is 17.1 Å². The van der Waals surface area contributed by atoms with Crippen LogP contribution in [0.1, 0.15) is 10.4 Å². The number of aromatic nitrogens is 3. The van der Waals surface area contributed by atoms with Gasteiger partial charge in [-0.2, -0.15) is 5.10 Å². The number of nitrogens with zero attached hydrogens (tertiary/aromatic N) is 3. The molecule has 21 heavy (non-hydrogen) atoms. The molecule has 1 N–H and O–H groups in total. The van der Waals surface area contributed by atoms with Crippen LogP contribution >= 0.6 is 0 Å². The molecule has 0 atom stereocenters. The summed E-state index contributed by atoms with van der Waals surface area (Å²) >= 11 is 0. The average molecular weight is 284 g/mol. The van der Waals surface area contributed by atoms with Crippen molar-refractivity contribution in [3.63, 3.8) is 0 Å². The Morgan fingerprint density at radius 1 is 1.19 bits per heavy atom. The Kier molecular flexibility index (Phi) is 3.27. The molecule has 1 amide bonds. The Balaban J connectivity index is 2.25. The lowest BCUT2D eigenvalue weighted by Crippen LogP contribution is -2.20. The second-order valence-corrected chi connectivity index (χ2v) is 4.41. The normalized spacial score (nSPS) is 10.6. The molecule has 0 saturated heterocycles. The molecule has 0 saturated carbocycles. The van der Waals surface area contributed by atoms with E-state index >= 15 is 0 Å². The SMILES string of the molecule is CNC(=O)c1cnn(-c2ccccc2F)c1-n1cccc1. The van der Waals surface area contributed by atoms with Gasteiger partial charge in [0.05, 0.1) is 6.20 Å². The Morgan fingerprint density at radius 3 is 2.57 bits per heavy atom. The monoisotopic (exact) mass is 284 g/mol. The van der Waals surface area contributed by atoms with Crippen LogP contribution in [0.15, 0.2) is 55.0 Å². The van der Waals surface area contributed by atoms with Crippen LogP contribution in [-0.4, -0.2) is 27.3 Å². The average Bonchev–Trinajstić information content (AvgIpc) is 3.15. The Hall–Kier alpha value is -2.89. The van der Waals surface area contributed by atoms with E-state index in [0.29, 0.717) is 11.4 Å². The van der Waals surface area contributed by atoms with Gasteiger partial charge in [-0.3, -0.25) is 4.79 Å².